The fourth-order valence-corrected chi connectivity index (χ4v) is 2.07. The van der Waals surface area contributed by atoms with E-state index in [0.29, 0.717) is 28.6 Å². The predicted octanol–water partition coefficient (Wildman–Crippen LogP) is 2.20. The fourth-order valence-electron chi connectivity index (χ4n) is 1.67. The summed E-state index contributed by atoms with van der Waals surface area (Å²) in [6, 6.07) is 1.71. The molecule has 0 fully saturated rings. The number of Topliss-reactive ketones (excluding diaryl/α,β-unsaturated/α-hetero) is 1. The molecule has 0 amide bonds. The third kappa shape index (κ3) is 2.70. The van der Waals surface area contributed by atoms with Crippen LogP contribution in [-0.4, -0.2) is 26.5 Å². The molecule has 0 bridgehead atoms. The number of benzene rings is 1. The Balaban J connectivity index is 3.36. The highest BCUT2D eigenvalue weighted by Gasteiger charge is 2.20. The Kier molecular flexibility index (Phi) is 4.78. The van der Waals surface area contributed by atoms with E-state index in [2.05, 4.69) is 0 Å². The fraction of sp³-hybridized carbons (Fsp3) is 0.417. The molecule has 0 heterocycles. The zero-order chi connectivity index (χ0) is 13.0. The van der Waals surface area contributed by atoms with Crippen LogP contribution >= 0.6 is 11.6 Å². The van der Waals surface area contributed by atoms with E-state index < -0.39 is 0 Å². The van der Waals surface area contributed by atoms with Gasteiger partial charge in [0.05, 0.1) is 19.8 Å². The second kappa shape index (κ2) is 5.89. The minimum atomic E-state index is -0.0861. The van der Waals surface area contributed by atoms with E-state index in [0.717, 1.165) is 5.56 Å². The molecule has 2 N–H and O–H groups in total. The SMILES string of the molecule is COc1c(C)cc(C(=O)CCN)c(OC)c1Cl. The molecule has 0 unspecified atom stereocenters. The lowest BCUT2D eigenvalue weighted by molar-refractivity contribution is 0.0982. The highest BCUT2D eigenvalue weighted by molar-refractivity contribution is 6.34. The topological polar surface area (TPSA) is 61.5 Å². The number of hydrogen-bond acceptors (Lipinski definition) is 4. The van der Waals surface area contributed by atoms with Crippen LogP contribution in [-0.2, 0) is 0 Å². The van der Waals surface area contributed by atoms with Gasteiger partial charge < -0.3 is 15.2 Å². The molecule has 1 rings (SSSR count). The molecule has 0 spiro atoms. The first-order valence-corrected chi connectivity index (χ1v) is 5.58. The average molecular weight is 258 g/mol. The van der Waals surface area contributed by atoms with E-state index in [1.165, 1.54) is 14.2 Å². The number of methoxy groups -OCH3 is 2. The second-order valence-corrected chi connectivity index (χ2v) is 3.96. The predicted molar refractivity (Wildman–Crippen MR) is 67.3 cm³/mol. The van der Waals surface area contributed by atoms with Crippen molar-refractivity contribution in [2.45, 2.75) is 13.3 Å². The van der Waals surface area contributed by atoms with E-state index in [4.69, 9.17) is 26.8 Å². The summed E-state index contributed by atoms with van der Waals surface area (Å²) < 4.78 is 10.3. The van der Waals surface area contributed by atoms with Gasteiger partial charge in [0.25, 0.3) is 0 Å². The highest BCUT2D eigenvalue weighted by Crippen LogP contribution is 2.39. The zero-order valence-corrected chi connectivity index (χ0v) is 10.9. The molecular weight excluding hydrogens is 242 g/mol. The summed E-state index contributed by atoms with van der Waals surface area (Å²) in [5, 5.41) is 0.315. The molecule has 1 aromatic carbocycles. The van der Waals surface area contributed by atoms with E-state index in [9.17, 15) is 4.79 Å². The lowest BCUT2D eigenvalue weighted by Crippen LogP contribution is -2.10. The number of halogens is 1. The largest absolute Gasteiger partial charge is 0.495 e. The first-order chi connectivity index (χ1) is 8.06. The molecule has 17 heavy (non-hydrogen) atoms. The summed E-state index contributed by atoms with van der Waals surface area (Å²) in [7, 11) is 2.99. The molecule has 0 aromatic heterocycles. The first kappa shape index (κ1) is 13.8. The van der Waals surface area contributed by atoms with E-state index >= 15 is 0 Å². The minimum absolute atomic E-state index is 0.0861. The zero-order valence-electron chi connectivity index (χ0n) is 10.2. The van der Waals surface area contributed by atoms with Crippen molar-refractivity contribution >= 4 is 17.4 Å². The summed E-state index contributed by atoms with van der Waals surface area (Å²) >= 11 is 6.13. The van der Waals surface area contributed by atoms with Crippen molar-refractivity contribution in [2.75, 3.05) is 20.8 Å². The monoisotopic (exact) mass is 257 g/mol. The molecule has 0 aliphatic carbocycles. The molecular formula is C12H16ClNO3. The van der Waals surface area contributed by atoms with Gasteiger partial charge in [-0.3, -0.25) is 4.79 Å². The van der Waals surface area contributed by atoms with Crippen molar-refractivity contribution in [3.63, 3.8) is 0 Å². The molecule has 0 aliphatic rings. The van der Waals surface area contributed by atoms with Gasteiger partial charge in [-0.15, -0.1) is 0 Å². The van der Waals surface area contributed by atoms with Crippen LogP contribution in [0.1, 0.15) is 22.3 Å². The number of aryl methyl sites for hydroxylation is 1. The Morgan fingerprint density at radius 1 is 1.35 bits per heavy atom. The van der Waals surface area contributed by atoms with Crippen LogP contribution in [0.3, 0.4) is 0 Å². The second-order valence-electron chi connectivity index (χ2n) is 3.58. The molecule has 0 aliphatic heterocycles. The Hall–Kier alpha value is -1.26. The number of rotatable bonds is 5. The van der Waals surface area contributed by atoms with Crippen molar-refractivity contribution in [1.29, 1.82) is 0 Å². The molecule has 94 valence electrons. The van der Waals surface area contributed by atoms with Gasteiger partial charge in [0.15, 0.2) is 11.5 Å². The van der Waals surface area contributed by atoms with Gasteiger partial charge in [-0.05, 0) is 25.1 Å². The molecule has 0 radical (unpaired) electrons. The van der Waals surface area contributed by atoms with Crippen molar-refractivity contribution in [2.24, 2.45) is 5.73 Å². The maximum Gasteiger partial charge on any atom is 0.167 e. The molecule has 0 atom stereocenters. The van der Waals surface area contributed by atoms with Crippen LogP contribution in [0, 0.1) is 6.92 Å². The standard InChI is InChI=1S/C12H16ClNO3/c1-7-6-8(9(15)4-5-14)12(17-3)10(13)11(7)16-2/h6H,4-5,14H2,1-3H3. The molecule has 0 saturated carbocycles. The van der Waals surface area contributed by atoms with Crippen LogP contribution < -0.4 is 15.2 Å². The van der Waals surface area contributed by atoms with Crippen molar-refractivity contribution < 1.29 is 14.3 Å². The van der Waals surface area contributed by atoms with Gasteiger partial charge in [0, 0.05) is 6.42 Å². The van der Waals surface area contributed by atoms with Gasteiger partial charge in [-0.2, -0.15) is 0 Å². The number of carbonyl (C=O) groups is 1. The first-order valence-electron chi connectivity index (χ1n) is 5.21. The Labute approximate surface area is 106 Å². The lowest BCUT2D eigenvalue weighted by Gasteiger charge is -2.14. The normalized spacial score (nSPS) is 10.2. The highest BCUT2D eigenvalue weighted by atomic mass is 35.5. The summed E-state index contributed by atoms with van der Waals surface area (Å²) in [5.74, 6) is 0.775. The van der Waals surface area contributed by atoms with Gasteiger partial charge >= 0.3 is 0 Å². The molecule has 5 heteroatoms. The smallest absolute Gasteiger partial charge is 0.167 e. The third-order valence-corrected chi connectivity index (χ3v) is 2.79. The maximum absolute atomic E-state index is 11.9. The number of ketones is 1. The number of carbonyl (C=O) groups excluding carboxylic acids is 1. The minimum Gasteiger partial charge on any atom is -0.495 e. The Morgan fingerprint density at radius 2 is 1.94 bits per heavy atom. The maximum atomic E-state index is 11.9. The molecule has 4 nitrogen and oxygen atoms in total. The summed E-state index contributed by atoms with van der Waals surface area (Å²) in [4.78, 5) is 11.9. The van der Waals surface area contributed by atoms with E-state index in [1.54, 1.807) is 6.07 Å². The van der Waals surface area contributed by atoms with Crippen molar-refractivity contribution in [3.8, 4) is 11.5 Å². The average Bonchev–Trinajstić information content (AvgIpc) is 2.29. The van der Waals surface area contributed by atoms with Crippen molar-refractivity contribution in [3.05, 3.63) is 22.2 Å². The summed E-state index contributed by atoms with van der Waals surface area (Å²) in [6.07, 6.45) is 0.262. The molecule has 0 saturated heterocycles. The number of ether oxygens (including phenoxy) is 2. The van der Waals surface area contributed by atoms with Crippen molar-refractivity contribution in [1.82, 2.24) is 0 Å². The van der Waals surface area contributed by atoms with Crippen LogP contribution in [0.4, 0.5) is 0 Å². The Morgan fingerprint density at radius 3 is 2.41 bits per heavy atom. The lowest BCUT2D eigenvalue weighted by atomic mass is 10.0. The molecule has 1 aromatic rings. The van der Waals surface area contributed by atoms with Crippen LogP contribution in [0.15, 0.2) is 6.07 Å². The van der Waals surface area contributed by atoms with Gasteiger partial charge in [0.2, 0.25) is 0 Å². The third-order valence-electron chi connectivity index (χ3n) is 2.44. The van der Waals surface area contributed by atoms with Gasteiger partial charge in [-0.25, -0.2) is 0 Å². The summed E-state index contributed by atoms with van der Waals surface area (Å²) in [5.41, 5.74) is 6.61. The van der Waals surface area contributed by atoms with Gasteiger partial charge in [0.1, 0.15) is 10.8 Å². The Bertz CT molecular complexity index is 432. The van der Waals surface area contributed by atoms with Gasteiger partial charge in [-0.1, -0.05) is 11.6 Å². The number of nitrogens with two attached hydrogens (primary N) is 1. The summed E-state index contributed by atoms with van der Waals surface area (Å²) in [6.45, 7) is 2.12. The van der Waals surface area contributed by atoms with E-state index in [-0.39, 0.29) is 12.2 Å². The number of hydrogen-bond donors (Lipinski definition) is 1. The van der Waals surface area contributed by atoms with Crippen LogP contribution in [0.2, 0.25) is 5.02 Å². The van der Waals surface area contributed by atoms with E-state index in [1.807, 2.05) is 6.92 Å². The van der Waals surface area contributed by atoms with Crippen LogP contribution in [0.25, 0.3) is 0 Å². The van der Waals surface area contributed by atoms with Crippen LogP contribution in [0.5, 0.6) is 11.5 Å². The quantitative estimate of drug-likeness (QED) is 0.822.